The van der Waals surface area contributed by atoms with Gasteiger partial charge in [0.2, 0.25) is 0 Å². The highest BCUT2D eigenvalue weighted by Gasteiger charge is 2.29. The first kappa shape index (κ1) is 9.79. The SMILES string of the molecule is c1cc2c(s1)CCNC2c1nnc2n1CCC2. The standard InChI is InChI=1S/C12H14N4S/c1-2-10-14-15-12(16(10)6-1)11-8-4-7-17-9(8)3-5-13-11/h4,7,11,13H,1-3,5-6H2. The van der Waals surface area contributed by atoms with E-state index in [-0.39, 0.29) is 6.04 Å². The summed E-state index contributed by atoms with van der Waals surface area (Å²) in [6, 6.07) is 2.48. The van der Waals surface area contributed by atoms with Crippen molar-refractivity contribution in [1.29, 1.82) is 0 Å². The Morgan fingerprint density at radius 1 is 1.35 bits per heavy atom. The van der Waals surface area contributed by atoms with Crippen LogP contribution >= 0.6 is 11.3 Å². The maximum Gasteiger partial charge on any atom is 0.154 e. The van der Waals surface area contributed by atoms with Crippen LogP contribution in [0.25, 0.3) is 0 Å². The highest BCUT2D eigenvalue weighted by molar-refractivity contribution is 7.10. The molecule has 0 saturated carbocycles. The van der Waals surface area contributed by atoms with Gasteiger partial charge in [0, 0.05) is 24.4 Å². The fourth-order valence-corrected chi connectivity index (χ4v) is 3.79. The van der Waals surface area contributed by atoms with Gasteiger partial charge in [-0.2, -0.15) is 0 Å². The molecule has 2 aliphatic rings. The zero-order valence-corrected chi connectivity index (χ0v) is 10.3. The lowest BCUT2D eigenvalue weighted by atomic mass is 10.0. The molecule has 1 N–H and O–H groups in total. The second-order valence-electron chi connectivity index (χ2n) is 4.67. The molecule has 0 radical (unpaired) electrons. The Labute approximate surface area is 104 Å². The van der Waals surface area contributed by atoms with E-state index in [1.54, 1.807) is 0 Å². The molecule has 4 nitrogen and oxygen atoms in total. The lowest BCUT2D eigenvalue weighted by Gasteiger charge is -2.23. The maximum absolute atomic E-state index is 4.40. The average Bonchev–Trinajstić information content (AvgIpc) is 3.04. The second-order valence-corrected chi connectivity index (χ2v) is 5.67. The first-order chi connectivity index (χ1) is 8.43. The highest BCUT2D eigenvalue weighted by atomic mass is 32.1. The van der Waals surface area contributed by atoms with E-state index < -0.39 is 0 Å². The van der Waals surface area contributed by atoms with Crippen LogP contribution in [0, 0.1) is 0 Å². The van der Waals surface area contributed by atoms with Crippen molar-refractivity contribution in [2.45, 2.75) is 31.8 Å². The highest BCUT2D eigenvalue weighted by Crippen LogP contribution is 2.32. The Kier molecular flexibility index (Phi) is 2.10. The molecule has 5 heteroatoms. The number of hydrogen-bond acceptors (Lipinski definition) is 4. The minimum Gasteiger partial charge on any atom is -0.313 e. The molecule has 2 aromatic rings. The smallest absolute Gasteiger partial charge is 0.154 e. The normalized spacial score (nSPS) is 22.5. The molecular formula is C12H14N4S. The Morgan fingerprint density at radius 3 is 3.35 bits per heavy atom. The zero-order chi connectivity index (χ0) is 11.2. The molecule has 88 valence electrons. The lowest BCUT2D eigenvalue weighted by molar-refractivity contribution is 0.522. The van der Waals surface area contributed by atoms with Gasteiger partial charge in [-0.3, -0.25) is 0 Å². The van der Waals surface area contributed by atoms with Gasteiger partial charge in [0.05, 0.1) is 6.04 Å². The molecule has 0 fully saturated rings. The first-order valence-electron chi connectivity index (χ1n) is 6.15. The number of thiophene rings is 1. The van der Waals surface area contributed by atoms with Gasteiger partial charge in [-0.05, 0) is 29.9 Å². The Balaban J connectivity index is 1.81. The Hall–Kier alpha value is -1.20. The van der Waals surface area contributed by atoms with Crippen molar-refractivity contribution >= 4 is 11.3 Å². The minimum absolute atomic E-state index is 0.254. The quantitative estimate of drug-likeness (QED) is 0.829. The molecule has 4 rings (SSSR count). The fraction of sp³-hybridized carbons (Fsp3) is 0.500. The van der Waals surface area contributed by atoms with Crippen molar-refractivity contribution in [2.75, 3.05) is 6.54 Å². The number of aromatic nitrogens is 3. The van der Waals surface area contributed by atoms with Gasteiger partial charge in [-0.1, -0.05) is 0 Å². The lowest BCUT2D eigenvalue weighted by Crippen LogP contribution is -2.31. The average molecular weight is 246 g/mol. The predicted octanol–water partition coefficient (Wildman–Crippen LogP) is 1.52. The zero-order valence-electron chi connectivity index (χ0n) is 9.52. The van der Waals surface area contributed by atoms with Crippen LogP contribution in [0.15, 0.2) is 11.4 Å². The van der Waals surface area contributed by atoms with Crippen LogP contribution in [0.5, 0.6) is 0 Å². The molecule has 0 saturated heterocycles. The summed E-state index contributed by atoms with van der Waals surface area (Å²) in [5, 5.41) is 14.5. The molecule has 0 aliphatic carbocycles. The first-order valence-corrected chi connectivity index (χ1v) is 7.03. The molecule has 1 atom stereocenters. The summed E-state index contributed by atoms with van der Waals surface area (Å²) in [6.45, 7) is 2.12. The van der Waals surface area contributed by atoms with Crippen molar-refractivity contribution in [3.8, 4) is 0 Å². The number of hydrogen-bond donors (Lipinski definition) is 1. The molecule has 2 aromatic heterocycles. The summed E-state index contributed by atoms with van der Waals surface area (Å²) in [7, 11) is 0. The van der Waals surface area contributed by atoms with Crippen LogP contribution in [0.3, 0.4) is 0 Å². The Bertz CT molecular complexity index is 557. The summed E-state index contributed by atoms with van der Waals surface area (Å²) < 4.78 is 2.30. The molecule has 4 heterocycles. The van der Waals surface area contributed by atoms with Gasteiger partial charge in [0.15, 0.2) is 5.82 Å². The van der Waals surface area contributed by atoms with Crippen molar-refractivity contribution in [1.82, 2.24) is 20.1 Å². The molecule has 0 amide bonds. The van der Waals surface area contributed by atoms with Crippen LogP contribution in [0.1, 0.15) is 34.6 Å². The molecule has 0 spiro atoms. The molecule has 1 unspecified atom stereocenters. The van der Waals surface area contributed by atoms with Gasteiger partial charge in [-0.25, -0.2) is 0 Å². The number of rotatable bonds is 1. The van der Waals surface area contributed by atoms with Crippen LogP contribution < -0.4 is 5.32 Å². The maximum atomic E-state index is 4.40. The summed E-state index contributed by atoms with van der Waals surface area (Å²) in [6.07, 6.45) is 3.43. The molecule has 0 aromatic carbocycles. The van der Waals surface area contributed by atoms with E-state index >= 15 is 0 Å². The van der Waals surface area contributed by atoms with Gasteiger partial charge in [0.25, 0.3) is 0 Å². The van der Waals surface area contributed by atoms with Crippen LogP contribution in [0.4, 0.5) is 0 Å². The minimum atomic E-state index is 0.254. The monoisotopic (exact) mass is 246 g/mol. The van der Waals surface area contributed by atoms with Crippen molar-refractivity contribution in [3.05, 3.63) is 33.5 Å². The molecule has 2 aliphatic heterocycles. The topological polar surface area (TPSA) is 42.7 Å². The van der Waals surface area contributed by atoms with Crippen LogP contribution in [-0.4, -0.2) is 21.3 Å². The summed E-state index contributed by atoms with van der Waals surface area (Å²) in [4.78, 5) is 1.50. The van der Waals surface area contributed by atoms with Crippen molar-refractivity contribution < 1.29 is 0 Å². The van der Waals surface area contributed by atoms with Crippen molar-refractivity contribution in [3.63, 3.8) is 0 Å². The van der Waals surface area contributed by atoms with E-state index in [4.69, 9.17) is 0 Å². The number of fused-ring (bicyclic) bond motifs is 2. The number of nitrogens with one attached hydrogen (secondary N) is 1. The third-order valence-electron chi connectivity index (χ3n) is 3.69. The van der Waals surface area contributed by atoms with Crippen LogP contribution in [-0.2, 0) is 19.4 Å². The fourth-order valence-electron chi connectivity index (χ4n) is 2.87. The third kappa shape index (κ3) is 1.39. The van der Waals surface area contributed by atoms with Gasteiger partial charge in [-0.15, -0.1) is 21.5 Å². The van der Waals surface area contributed by atoms with Gasteiger partial charge < -0.3 is 9.88 Å². The largest absolute Gasteiger partial charge is 0.313 e. The van der Waals surface area contributed by atoms with E-state index in [1.807, 2.05) is 11.3 Å². The molecule has 0 bridgehead atoms. The number of aryl methyl sites for hydroxylation is 1. The van der Waals surface area contributed by atoms with Gasteiger partial charge in [0.1, 0.15) is 5.82 Å². The van der Waals surface area contributed by atoms with Crippen LogP contribution in [0.2, 0.25) is 0 Å². The summed E-state index contributed by atoms with van der Waals surface area (Å²) in [5.41, 5.74) is 1.41. The van der Waals surface area contributed by atoms with E-state index in [0.29, 0.717) is 0 Å². The second kappa shape index (κ2) is 3.65. The summed E-state index contributed by atoms with van der Waals surface area (Å²) >= 11 is 1.86. The van der Waals surface area contributed by atoms with E-state index in [9.17, 15) is 0 Å². The van der Waals surface area contributed by atoms with E-state index in [2.05, 4.69) is 31.5 Å². The van der Waals surface area contributed by atoms with E-state index in [1.165, 1.54) is 16.9 Å². The van der Waals surface area contributed by atoms with Crippen molar-refractivity contribution in [2.24, 2.45) is 0 Å². The third-order valence-corrected chi connectivity index (χ3v) is 4.68. The van der Waals surface area contributed by atoms with E-state index in [0.717, 1.165) is 37.6 Å². The molecule has 17 heavy (non-hydrogen) atoms. The summed E-state index contributed by atoms with van der Waals surface area (Å²) in [5.74, 6) is 2.26. The predicted molar refractivity (Wildman–Crippen MR) is 66.2 cm³/mol. The number of nitrogens with zero attached hydrogens (tertiary/aromatic N) is 3. The molecular weight excluding hydrogens is 232 g/mol. The van der Waals surface area contributed by atoms with Gasteiger partial charge >= 0.3 is 0 Å². The Morgan fingerprint density at radius 2 is 2.35 bits per heavy atom.